The molecule has 2 aromatic carbocycles. The fraction of sp³-hybridized carbons (Fsp3) is 0.238. The summed E-state index contributed by atoms with van der Waals surface area (Å²) in [6.45, 7) is 4.22. The number of anilines is 1. The molecule has 2 rings (SSSR count). The van der Waals surface area contributed by atoms with E-state index in [0.717, 1.165) is 29.7 Å². The molecule has 0 fully saturated rings. The first-order valence-electron chi connectivity index (χ1n) is 8.59. The topological polar surface area (TPSA) is 64.9 Å². The summed E-state index contributed by atoms with van der Waals surface area (Å²) in [5, 5.41) is 15.0. The van der Waals surface area contributed by atoms with Crippen molar-refractivity contribution in [2.75, 3.05) is 5.32 Å². The van der Waals surface area contributed by atoms with E-state index in [1.54, 1.807) is 18.2 Å². The second-order valence-electron chi connectivity index (χ2n) is 5.75. The molecule has 1 amide bonds. The molecule has 0 spiro atoms. The summed E-state index contributed by atoms with van der Waals surface area (Å²) in [7, 11) is 0. The van der Waals surface area contributed by atoms with Gasteiger partial charge in [0, 0.05) is 24.0 Å². The van der Waals surface area contributed by atoms with Crippen LogP contribution in [-0.2, 0) is 24.2 Å². The van der Waals surface area contributed by atoms with Gasteiger partial charge in [0.1, 0.15) is 17.5 Å². The highest BCUT2D eigenvalue weighted by molar-refractivity contribution is 6.07. The number of nitrogens with one attached hydrogen (secondary N) is 2. The van der Waals surface area contributed by atoms with E-state index >= 15 is 0 Å². The molecular weight excluding hydrogens is 329 g/mol. The molecule has 0 heterocycles. The number of carbonyl (C=O) groups is 1. The first kappa shape index (κ1) is 19.2. The van der Waals surface area contributed by atoms with Crippen LogP contribution in [0.25, 0.3) is 0 Å². The van der Waals surface area contributed by atoms with Crippen molar-refractivity contribution in [1.29, 1.82) is 5.26 Å². The molecule has 0 saturated carbocycles. The Morgan fingerprint density at radius 2 is 1.69 bits per heavy atom. The van der Waals surface area contributed by atoms with Crippen LogP contribution in [0.2, 0.25) is 0 Å². The third-order valence-corrected chi connectivity index (χ3v) is 4.10. The van der Waals surface area contributed by atoms with Crippen LogP contribution >= 0.6 is 0 Å². The minimum Gasteiger partial charge on any atom is -0.385 e. The van der Waals surface area contributed by atoms with E-state index in [9.17, 15) is 14.4 Å². The zero-order valence-corrected chi connectivity index (χ0v) is 15.0. The fourth-order valence-corrected chi connectivity index (χ4v) is 2.64. The number of nitriles is 1. The Bertz CT molecular complexity index is 830. The van der Waals surface area contributed by atoms with E-state index in [1.165, 1.54) is 12.3 Å². The molecule has 0 atom stereocenters. The zero-order valence-electron chi connectivity index (χ0n) is 15.0. The Kier molecular flexibility index (Phi) is 6.92. The van der Waals surface area contributed by atoms with E-state index in [0.29, 0.717) is 5.56 Å². The number of rotatable bonds is 7. The average Bonchev–Trinajstić information content (AvgIpc) is 2.66. The van der Waals surface area contributed by atoms with Crippen LogP contribution in [0, 0.1) is 17.1 Å². The fourth-order valence-electron chi connectivity index (χ4n) is 2.64. The van der Waals surface area contributed by atoms with E-state index in [4.69, 9.17) is 0 Å². The van der Waals surface area contributed by atoms with Crippen molar-refractivity contribution >= 4 is 11.6 Å². The molecule has 5 heteroatoms. The summed E-state index contributed by atoms with van der Waals surface area (Å²) in [6, 6.07) is 14.1. The van der Waals surface area contributed by atoms with Crippen molar-refractivity contribution in [3.05, 3.63) is 76.7 Å². The Hall–Kier alpha value is -3.13. The van der Waals surface area contributed by atoms with Gasteiger partial charge in [0.05, 0.1) is 0 Å². The van der Waals surface area contributed by atoms with Gasteiger partial charge in [0.25, 0.3) is 5.91 Å². The number of nitrogens with zero attached hydrogens (tertiary/aromatic N) is 1. The lowest BCUT2D eigenvalue weighted by atomic mass is 10.0. The highest BCUT2D eigenvalue weighted by Gasteiger charge is 2.14. The lowest BCUT2D eigenvalue weighted by Crippen LogP contribution is -2.18. The van der Waals surface area contributed by atoms with E-state index in [1.807, 2.05) is 38.1 Å². The van der Waals surface area contributed by atoms with Crippen molar-refractivity contribution < 1.29 is 9.18 Å². The van der Waals surface area contributed by atoms with Crippen LogP contribution in [0.1, 0.15) is 30.5 Å². The zero-order chi connectivity index (χ0) is 18.9. The van der Waals surface area contributed by atoms with Crippen LogP contribution in [0.4, 0.5) is 10.1 Å². The quantitative estimate of drug-likeness (QED) is 0.583. The molecule has 0 unspecified atom stereocenters. The molecule has 0 aliphatic carbocycles. The van der Waals surface area contributed by atoms with Crippen LogP contribution in [0.5, 0.6) is 0 Å². The third kappa shape index (κ3) is 4.70. The van der Waals surface area contributed by atoms with Crippen LogP contribution in [-0.4, -0.2) is 5.91 Å². The van der Waals surface area contributed by atoms with Gasteiger partial charge in [0.15, 0.2) is 0 Å². The summed E-state index contributed by atoms with van der Waals surface area (Å²) in [5.41, 5.74) is 3.21. The lowest BCUT2D eigenvalue weighted by Gasteiger charge is -2.14. The average molecular weight is 351 g/mol. The molecule has 26 heavy (non-hydrogen) atoms. The van der Waals surface area contributed by atoms with Crippen molar-refractivity contribution in [3.8, 4) is 6.07 Å². The first-order valence-corrected chi connectivity index (χ1v) is 8.59. The van der Waals surface area contributed by atoms with Gasteiger partial charge in [-0.25, -0.2) is 4.39 Å². The number of benzene rings is 2. The van der Waals surface area contributed by atoms with Gasteiger partial charge in [-0.1, -0.05) is 50.2 Å². The van der Waals surface area contributed by atoms with Crippen molar-refractivity contribution in [2.24, 2.45) is 0 Å². The van der Waals surface area contributed by atoms with Crippen LogP contribution in [0.3, 0.4) is 0 Å². The molecule has 0 radical (unpaired) electrons. The largest absolute Gasteiger partial charge is 0.385 e. The smallest absolute Gasteiger partial charge is 0.267 e. The van der Waals surface area contributed by atoms with Gasteiger partial charge in [-0.15, -0.1) is 0 Å². The Morgan fingerprint density at radius 1 is 1.08 bits per heavy atom. The highest BCUT2D eigenvalue weighted by Crippen LogP contribution is 2.23. The lowest BCUT2D eigenvalue weighted by molar-refractivity contribution is -0.112. The SMILES string of the molecule is CCc1cccc(CC)c1NC(=O)/C(C#N)=C\NCc1ccccc1F. The number of amides is 1. The molecule has 4 nitrogen and oxygen atoms in total. The number of hydrogen-bond donors (Lipinski definition) is 2. The number of para-hydroxylation sites is 1. The molecule has 0 aliphatic heterocycles. The second kappa shape index (κ2) is 9.38. The number of carbonyl (C=O) groups excluding carboxylic acids is 1. The summed E-state index contributed by atoms with van der Waals surface area (Å²) >= 11 is 0. The van der Waals surface area contributed by atoms with Gasteiger partial charge in [-0.05, 0) is 30.0 Å². The molecule has 0 bridgehead atoms. The molecule has 2 N–H and O–H groups in total. The summed E-state index contributed by atoms with van der Waals surface area (Å²) in [6.07, 6.45) is 2.88. The highest BCUT2D eigenvalue weighted by atomic mass is 19.1. The second-order valence-corrected chi connectivity index (χ2v) is 5.75. The molecule has 0 aliphatic rings. The summed E-state index contributed by atoms with van der Waals surface area (Å²) in [4.78, 5) is 12.5. The molecule has 0 aromatic heterocycles. The number of aryl methyl sites for hydroxylation is 2. The van der Waals surface area contributed by atoms with Crippen molar-refractivity contribution in [1.82, 2.24) is 5.32 Å². The maximum absolute atomic E-state index is 13.6. The third-order valence-electron chi connectivity index (χ3n) is 4.10. The molecule has 134 valence electrons. The predicted molar refractivity (Wildman–Crippen MR) is 101 cm³/mol. The monoisotopic (exact) mass is 351 g/mol. The van der Waals surface area contributed by atoms with Crippen LogP contribution < -0.4 is 10.6 Å². The Balaban J connectivity index is 2.12. The molecule has 0 saturated heterocycles. The Morgan fingerprint density at radius 3 is 2.27 bits per heavy atom. The maximum atomic E-state index is 13.6. The van der Waals surface area contributed by atoms with Crippen molar-refractivity contribution in [3.63, 3.8) is 0 Å². The summed E-state index contributed by atoms with van der Waals surface area (Å²) < 4.78 is 13.6. The van der Waals surface area contributed by atoms with E-state index in [-0.39, 0.29) is 17.9 Å². The van der Waals surface area contributed by atoms with Gasteiger partial charge < -0.3 is 10.6 Å². The minimum atomic E-state index is -0.482. The van der Waals surface area contributed by atoms with Gasteiger partial charge in [-0.2, -0.15) is 5.26 Å². The van der Waals surface area contributed by atoms with Crippen molar-refractivity contribution in [2.45, 2.75) is 33.2 Å². The first-order chi connectivity index (χ1) is 12.6. The molecule has 2 aromatic rings. The maximum Gasteiger partial charge on any atom is 0.267 e. The van der Waals surface area contributed by atoms with Crippen LogP contribution in [0.15, 0.2) is 54.2 Å². The van der Waals surface area contributed by atoms with Gasteiger partial charge in [0.2, 0.25) is 0 Å². The number of hydrogen-bond acceptors (Lipinski definition) is 3. The minimum absolute atomic E-state index is 0.0608. The number of halogens is 1. The molecular formula is C21H22FN3O. The predicted octanol–water partition coefficient (Wildman–Crippen LogP) is 4.09. The Labute approximate surface area is 153 Å². The standard InChI is InChI=1S/C21H22FN3O/c1-3-15-9-7-10-16(4-2)20(15)25-21(26)18(12-23)14-24-13-17-8-5-6-11-19(17)22/h5-11,14,24H,3-4,13H2,1-2H3,(H,25,26)/b18-14-. The van der Waals surface area contributed by atoms with Gasteiger partial charge >= 0.3 is 0 Å². The summed E-state index contributed by atoms with van der Waals surface area (Å²) in [5.74, 6) is -0.815. The normalized spacial score (nSPS) is 10.9. The van der Waals surface area contributed by atoms with E-state index < -0.39 is 5.91 Å². The van der Waals surface area contributed by atoms with E-state index in [2.05, 4.69) is 10.6 Å². The van der Waals surface area contributed by atoms with Gasteiger partial charge in [-0.3, -0.25) is 4.79 Å².